The maximum Gasteiger partial charge on any atom is 0.274 e. The highest BCUT2D eigenvalue weighted by molar-refractivity contribution is 5.94. The van der Waals surface area contributed by atoms with Crippen molar-refractivity contribution in [3.63, 3.8) is 0 Å². The molecule has 0 unspecified atom stereocenters. The van der Waals surface area contributed by atoms with Crippen LogP contribution in [0.15, 0.2) is 42.5 Å². The fourth-order valence-electron chi connectivity index (χ4n) is 2.03. The minimum Gasteiger partial charge on any atom is -0.376 e. The summed E-state index contributed by atoms with van der Waals surface area (Å²) in [5.74, 6) is -0.337. The van der Waals surface area contributed by atoms with Crippen LogP contribution >= 0.6 is 0 Å². The van der Waals surface area contributed by atoms with E-state index in [0.717, 1.165) is 0 Å². The van der Waals surface area contributed by atoms with E-state index >= 15 is 0 Å². The van der Waals surface area contributed by atoms with Crippen LogP contribution in [0.3, 0.4) is 0 Å². The van der Waals surface area contributed by atoms with Crippen molar-refractivity contribution in [2.24, 2.45) is 0 Å². The largest absolute Gasteiger partial charge is 0.376 e. The minimum atomic E-state index is -0.489. The summed E-state index contributed by atoms with van der Waals surface area (Å²) < 4.78 is 0. The van der Waals surface area contributed by atoms with Crippen LogP contribution in [-0.4, -0.2) is 17.4 Å². The molecule has 2 rings (SSSR count). The lowest BCUT2D eigenvalue weighted by Gasteiger charge is -2.10. The molecule has 7 nitrogen and oxygen atoms in total. The van der Waals surface area contributed by atoms with Crippen molar-refractivity contribution in [2.45, 2.75) is 6.92 Å². The molecule has 116 valence electrons. The molecule has 0 radical (unpaired) electrons. The third kappa shape index (κ3) is 4.04. The Labute approximate surface area is 132 Å². The monoisotopic (exact) mass is 310 g/mol. The highest BCUT2D eigenvalue weighted by Crippen LogP contribution is 2.24. The van der Waals surface area contributed by atoms with Crippen molar-refractivity contribution < 1.29 is 9.72 Å². The van der Waals surface area contributed by atoms with E-state index in [2.05, 4.69) is 10.6 Å². The third-order valence-corrected chi connectivity index (χ3v) is 3.22. The van der Waals surface area contributed by atoms with E-state index in [9.17, 15) is 14.9 Å². The number of nitriles is 1. The van der Waals surface area contributed by atoms with Gasteiger partial charge in [-0.3, -0.25) is 14.9 Å². The van der Waals surface area contributed by atoms with Gasteiger partial charge in [0.25, 0.3) is 5.69 Å². The summed E-state index contributed by atoms with van der Waals surface area (Å²) in [6, 6.07) is 13.3. The third-order valence-electron chi connectivity index (χ3n) is 3.22. The second-order valence-electron chi connectivity index (χ2n) is 4.80. The molecule has 0 aliphatic carbocycles. The normalized spacial score (nSPS) is 9.74. The molecule has 2 aromatic carbocycles. The lowest BCUT2D eigenvalue weighted by Crippen LogP contribution is -2.22. The number of nitro benzene ring substituents is 1. The van der Waals surface area contributed by atoms with Gasteiger partial charge in [0.05, 0.1) is 34.4 Å². The van der Waals surface area contributed by atoms with Gasteiger partial charge in [-0.1, -0.05) is 12.1 Å². The number of nitrogens with zero attached hydrogens (tertiary/aromatic N) is 2. The van der Waals surface area contributed by atoms with Gasteiger partial charge >= 0.3 is 0 Å². The number of nitro groups is 1. The van der Waals surface area contributed by atoms with Crippen molar-refractivity contribution >= 4 is 23.0 Å². The van der Waals surface area contributed by atoms with Crippen molar-refractivity contribution in [3.8, 4) is 6.07 Å². The van der Waals surface area contributed by atoms with Crippen LogP contribution in [0.1, 0.15) is 11.1 Å². The number of hydrogen-bond acceptors (Lipinski definition) is 5. The molecule has 0 saturated heterocycles. The van der Waals surface area contributed by atoms with Gasteiger partial charge in [0.15, 0.2) is 0 Å². The van der Waals surface area contributed by atoms with Gasteiger partial charge in [0.2, 0.25) is 5.91 Å². The van der Waals surface area contributed by atoms with E-state index in [0.29, 0.717) is 22.5 Å². The predicted octanol–water partition coefficient (Wildman–Crippen LogP) is 2.83. The smallest absolute Gasteiger partial charge is 0.274 e. The molecule has 0 aliphatic heterocycles. The number of carbonyl (C=O) groups excluding carboxylic acids is 1. The molecule has 0 saturated carbocycles. The van der Waals surface area contributed by atoms with Crippen LogP contribution < -0.4 is 10.6 Å². The van der Waals surface area contributed by atoms with E-state index < -0.39 is 4.92 Å². The zero-order valence-electron chi connectivity index (χ0n) is 12.4. The molecule has 0 aliphatic rings. The van der Waals surface area contributed by atoms with Crippen LogP contribution in [0.2, 0.25) is 0 Å². The Bertz CT molecular complexity index is 796. The lowest BCUT2D eigenvalue weighted by atomic mass is 10.1. The van der Waals surface area contributed by atoms with Gasteiger partial charge in [-0.15, -0.1) is 0 Å². The minimum absolute atomic E-state index is 0.0169. The van der Waals surface area contributed by atoms with Gasteiger partial charge < -0.3 is 10.6 Å². The quantitative estimate of drug-likeness (QED) is 0.652. The topological polar surface area (TPSA) is 108 Å². The molecular formula is C16H14N4O3. The van der Waals surface area contributed by atoms with Gasteiger partial charge in [0.1, 0.15) is 0 Å². The van der Waals surface area contributed by atoms with Gasteiger partial charge in [-0.25, -0.2) is 0 Å². The summed E-state index contributed by atoms with van der Waals surface area (Å²) in [7, 11) is 0. The van der Waals surface area contributed by atoms with E-state index in [-0.39, 0.29) is 18.1 Å². The number of nitrogens with one attached hydrogen (secondary N) is 2. The SMILES string of the molecule is Cc1c(NC(=O)CNc2cccc(C#N)c2)cccc1[N+](=O)[O-]. The molecule has 2 aromatic rings. The fraction of sp³-hybridized carbons (Fsp3) is 0.125. The number of benzene rings is 2. The number of rotatable bonds is 5. The van der Waals surface area contributed by atoms with Crippen LogP contribution in [0, 0.1) is 28.4 Å². The average molecular weight is 310 g/mol. The summed E-state index contributed by atoms with van der Waals surface area (Å²) in [6.45, 7) is 1.56. The highest BCUT2D eigenvalue weighted by Gasteiger charge is 2.14. The van der Waals surface area contributed by atoms with Gasteiger partial charge in [0, 0.05) is 11.8 Å². The van der Waals surface area contributed by atoms with Gasteiger partial charge in [-0.05, 0) is 31.2 Å². The van der Waals surface area contributed by atoms with Crippen LogP contribution in [0.25, 0.3) is 0 Å². The first kappa shape index (κ1) is 16.0. The first-order chi connectivity index (χ1) is 11.0. The summed E-state index contributed by atoms with van der Waals surface area (Å²) in [5.41, 5.74) is 1.89. The van der Waals surface area contributed by atoms with E-state index in [1.807, 2.05) is 6.07 Å². The van der Waals surface area contributed by atoms with E-state index in [4.69, 9.17) is 5.26 Å². The Kier molecular flexibility index (Phi) is 4.89. The molecule has 0 fully saturated rings. The Hall–Kier alpha value is -3.40. The first-order valence-corrected chi connectivity index (χ1v) is 6.79. The van der Waals surface area contributed by atoms with Crippen LogP contribution in [0.5, 0.6) is 0 Å². The fourth-order valence-corrected chi connectivity index (χ4v) is 2.03. The molecule has 0 bridgehead atoms. The summed E-state index contributed by atoms with van der Waals surface area (Å²) in [6.07, 6.45) is 0. The number of carbonyl (C=O) groups is 1. The molecule has 0 heterocycles. The highest BCUT2D eigenvalue weighted by atomic mass is 16.6. The van der Waals surface area contributed by atoms with Gasteiger partial charge in [-0.2, -0.15) is 5.26 Å². The van der Waals surface area contributed by atoms with E-state index in [1.165, 1.54) is 12.1 Å². The average Bonchev–Trinajstić information content (AvgIpc) is 2.55. The van der Waals surface area contributed by atoms with E-state index in [1.54, 1.807) is 37.3 Å². The number of anilines is 2. The zero-order valence-corrected chi connectivity index (χ0v) is 12.4. The second kappa shape index (κ2) is 7.04. The van der Waals surface area contributed by atoms with Crippen molar-refractivity contribution in [2.75, 3.05) is 17.2 Å². The maximum absolute atomic E-state index is 12.0. The summed E-state index contributed by atoms with van der Waals surface area (Å²) in [5, 5.41) is 25.2. The molecule has 0 spiro atoms. The number of hydrogen-bond donors (Lipinski definition) is 2. The Balaban J connectivity index is 2.01. The lowest BCUT2D eigenvalue weighted by molar-refractivity contribution is -0.385. The summed E-state index contributed by atoms with van der Waals surface area (Å²) >= 11 is 0. The molecule has 23 heavy (non-hydrogen) atoms. The first-order valence-electron chi connectivity index (χ1n) is 6.79. The maximum atomic E-state index is 12.0. The van der Waals surface area contributed by atoms with Crippen molar-refractivity contribution in [1.29, 1.82) is 5.26 Å². The Morgan fingerprint density at radius 3 is 2.74 bits per heavy atom. The summed E-state index contributed by atoms with van der Waals surface area (Å²) in [4.78, 5) is 22.4. The van der Waals surface area contributed by atoms with Crippen LogP contribution in [0.4, 0.5) is 17.1 Å². The Morgan fingerprint density at radius 2 is 2.04 bits per heavy atom. The standard InChI is InChI=1S/C16H14N4O3/c1-11-14(6-3-7-15(11)20(22)23)19-16(21)10-18-13-5-2-4-12(8-13)9-17/h2-8,18H,10H2,1H3,(H,19,21). The zero-order chi connectivity index (χ0) is 16.8. The Morgan fingerprint density at radius 1 is 1.30 bits per heavy atom. The van der Waals surface area contributed by atoms with Crippen molar-refractivity contribution in [3.05, 3.63) is 63.7 Å². The van der Waals surface area contributed by atoms with Crippen molar-refractivity contribution in [1.82, 2.24) is 0 Å². The molecule has 0 aromatic heterocycles. The second-order valence-corrected chi connectivity index (χ2v) is 4.80. The molecule has 1 amide bonds. The predicted molar refractivity (Wildman–Crippen MR) is 86.1 cm³/mol. The molecule has 0 atom stereocenters. The molecule has 2 N–H and O–H groups in total. The van der Waals surface area contributed by atoms with Crippen LogP contribution in [-0.2, 0) is 4.79 Å². The molecule has 7 heteroatoms. The number of amides is 1. The molecular weight excluding hydrogens is 296 g/mol.